The van der Waals surface area contributed by atoms with Crippen LogP contribution in [-0.4, -0.2) is 31.3 Å². The third-order valence-electron chi connectivity index (χ3n) is 4.55. The van der Waals surface area contributed by atoms with Crippen LogP contribution in [0.4, 0.5) is 0 Å². The van der Waals surface area contributed by atoms with Crippen molar-refractivity contribution in [1.82, 2.24) is 5.16 Å². The van der Waals surface area contributed by atoms with Crippen molar-refractivity contribution in [2.75, 3.05) is 14.2 Å². The van der Waals surface area contributed by atoms with Crippen molar-refractivity contribution in [3.05, 3.63) is 64.9 Å². The van der Waals surface area contributed by atoms with Gasteiger partial charge in [-0.1, -0.05) is 65.3 Å². The number of ether oxygens (including phenoxy) is 2. The molecule has 0 amide bonds. The molecule has 0 aliphatic heterocycles. The van der Waals surface area contributed by atoms with Crippen LogP contribution in [0, 0.1) is 0 Å². The minimum atomic E-state index is -0.818. The number of halogens is 1. The molecule has 0 saturated heterocycles. The molecule has 4 rings (SSSR count). The SMILES string of the molecule is COC(=O)c1onc(-c2c3ccccc3c(Cl)c3ccccc23)c1C(=O)OC. The molecule has 0 aliphatic carbocycles. The number of esters is 2. The smallest absolute Gasteiger partial charge is 0.377 e. The standard InChI is InChI=1S/C21H14ClNO5/c1-26-20(24)16-18(23-28-19(16)21(25)27-2)15-11-7-3-5-9-13(11)17(22)14-10-6-4-8-12(14)15/h3-10H,1-2H3. The maximum atomic E-state index is 12.5. The Kier molecular flexibility index (Phi) is 4.49. The van der Waals surface area contributed by atoms with Crippen LogP contribution in [0.15, 0.2) is 53.1 Å². The number of carbonyl (C=O) groups is 2. The van der Waals surface area contributed by atoms with Gasteiger partial charge in [0.05, 0.1) is 19.2 Å². The fourth-order valence-electron chi connectivity index (χ4n) is 3.31. The van der Waals surface area contributed by atoms with E-state index in [2.05, 4.69) is 5.16 Å². The molecule has 0 unspecified atom stereocenters. The van der Waals surface area contributed by atoms with Gasteiger partial charge in [0.2, 0.25) is 0 Å². The first-order valence-electron chi connectivity index (χ1n) is 8.34. The molecule has 0 aliphatic rings. The van der Waals surface area contributed by atoms with Crippen LogP contribution in [-0.2, 0) is 9.47 Å². The van der Waals surface area contributed by atoms with Gasteiger partial charge in [-0.25, -0.2) is 9.59 Å². The minimum absolute atomic E-state index is 0.0908. The first kappa shape index (κ1) is 18.0. The van der Waals surface area contributed by atoms with Crippen LogP contribution in [0.1, 0.15) is 20.9 Å². The molecule has 0 radical (unpaired) electrons. The molecule has 6 nitrogen and oxygen atoms in total. The van der Waals surface area contributed by atoms with Crippen molar-refractivity contribution in [3.8, 4) is 11.3 Å². The first-order valence-corrected chi connectivity index (χ1v) is 8.71. The second-order valence-electron chi connectivity index (χ2n) is 6.00. The Labute approximate surface area is 164 Å². The fraction of sp³-hybridized carbons (Fsp3) is 0.0952. The van der Waals surface area contributed by atoms with Gasteiger partial charge in [-0.05, 0) is 10.8 Å². The summed E-state index contributed by atoms with van der Waals surface area (Å²) in [5, 5.41) is 7.73. The molecule has 0 saturated carbocycles. The van der Waals surface area contributed by atoms with Crippen LogP contribution in [0.5, 0.6) is 0 Å². The van der Waals surface area contributed by atoms with Crippen molar-refractivity contribution < 1.29 is 23.6 Å². The molecule has 0 atom stereocenters. The summed E-state index contributed by atoms with van der Waals surface area (Å²) >= 11 is 6.63. The molecular weight excluding hydrogens is 382 g/mol. The van der Waals surface area contributed by atoms with Gasteiger partial charge < -0.3 is 14.0 Å². The quantitative estimate of drug-likeness (QED) is 0.363. The highest BCUT2D eigenvalue weighted by Gasteiger charge is 2.31. The van der Waals surface area contributed by atoms with Crippen molar-refractivity contribution in [2.24, 2.45) is 0 Å². The second kappa shape index (κ2) is 6.98. The lowest BCUT2D eigenvalue weighted by molar-refractivity contribution is 0.0521. The van der Waals surface area contributed by atoms with Crippen molar-refractivity contribution in [2.45, 2.75) is 0 Å². The number of nitrogens with zero attached hydrogens (tertiary/aromatic N) is 1. The first-order chi connectivity index (χ1) is 13.6. The summed E-state index contributed by atoms with van der Waals surface area (Å²) < 4.78 is 14.8. The number of benzene rings is 3. The average molecular weight is 396 g/mol. The molecule has 4 aromatic rings. The zero-order chi connectivity index (χ0) is 19.8. The van der Waals surface area contributed by atoms with Crippen LogP contribution in [0.2, 0.25) is 5.02 Å². The molecule has 1 heterocycles. The molecular formula is C21H14ClNO5. The molecule has 1 aromatic heterocycles. The number of methoxy groups -OCH3 is 2. The van der Waals surface area contributed by atoms with E-state index in [1.165, 1.54) is 14.2 Å². The van der Waals surface area contributed by atoms with Crippen molar-refractivity contribution in [1.29, 1.82) is 0 Å². The Balaban J connectivity index is 2.18. The van der Waals surface area contributed by atoms with E-state index in [-0.39, 0.29) is 17.0 Å². The Morgan fingerprint density at radius 2 is 1.36 bits per heavy atom. The van der Waals surface area contributed by atoms with Crippen molar-refractivity contribution in [3.63, 3.8) is 0 Å². The van der Waals surface area contributed by atoms with Gasteiger partial charge in [-0.2, -0.15) is 0 Å². The Hall–Kier alpha value is -3.38. The van der Waals surface area contributed by atoms with Gasteiger partial charge in [0.1, 0.15) is 11.3 Å². The van der Waals surface area contributed by atoms with E-state index < -0.39 is 11.9 Å². The zero-order valence-corrected chi connectivity index (χ0v) is 15.7. The van der Waals surface area contributed by atoms with E-state index in [0.717, 1.165) is 21.5 Å². The average Bonchev–Trinajstić information content (AvgIpc) is 3.17. The third kappa shape index (κ3) is 2.61. The van der Waals surface area contributed by atoms with Crippen molar-refractivity contribution >= 4 is 45.1 Å². The number of aromatic nitrogens is 1. The molecule has 3 aromatic carbocycles. The summed E-state index contributed by atoms with van der Waals surface area (Å²) in [6.07, 6.45) is 0. The molecule has 0 N–H and O–H groups in total. The lowest BCUT2D eigenvalue weighted by Crippen LogP contribution is -2.10. The summed E-state index contributed by atoms with van der Waals surface area (Å²) in [5.74, 6) is -1.88. The highest BCUT2D eigenvalue weighted by Crippen LogP contribution is 2.42. The van der Waals surface area contributed by atoms with Gasteiger partial charge in [0, 0.05) is 16.3 Å². The highest BCUT2D eigenvalue weighted by molar-refractivity contribution is 6.42. The molecule has 28 heavy (non-hydrogen) atoms. The van der Waals surface area contributed by atoms with Crippen LogP contribution in [0.25, 0.3) is 32.8 Å². The van der Waals surface area contributed by atoms with Gasteiger partial charge in [0.25, 0.3) is 5.76 Å². The largest absolute Gasteiger partial charge is 0.465 e. The number of carbonyl (C=O) groups excluding carboxylic acids is 2. The summed E-state index contributed by atoms with van der Waals surface area (Å²) in [5.41, 5.74) is 0.721. The summed E-state index contributed by atoms with van der Waals surface area (Å²) in [4.78, 5) is 24.6. The van der Waals surface area contributed by atoms with E-state index in [1.807, 2.05) is 48.5 Å². The summed E-state index contributed by atoms with van der Waals surface area (Å²) in [6, 6.07) is 15.0. The van der Waals surface area contributed by atoms with Crippen LogP contribution < -0.4 is 0 Å². The molecule has 140 valence electrons. The molecule has 0 fully saturated rings. The third-order valence-corrected chi connectivity index (χ3v) is 4.96. The lowest BCUT2D eigenvalue weighted by Gasteiger charge is -2.12. The van der Waals surface area contributed by atoms with Gasteiger partial charge in [-0.3, -0.25) is 0 Å². The summed E-state index contributed by atoms with van der Waals surface area (Å²) in [7, 11) is 2.41. The second-order valence-corrected chi connectivity index (χ2v) is 6.38. The predicted octanol–water partition coefficient (Wildman–Crippen LogP) is 4.87. The number of fused-ring (bicyclic) bond motifs is 2. The van der Waals surface area contributed by atoms with Gasteiger partial charge in [-0.15, -0.1) is 0 Å². The zero-order valence-electron chi connectivity index (χ0n) is 15.0. The summed E-state index contributed by atoms with van der Waals surface area (Å²) in [6.45, 7) is 0. The van der Waals surface area contributed by atoms with E-state index in [1.54, 1.807) is 0 Å². The topological polar surface area (TPSA) is 78.6 Å². The van der Waals surface area contributed by atoms with Crippen LogP contribution >= 0.6 is 11.6 Å². The Morgan fingerprint density at radius 1 is 0.857 bits per heavy atom. The van der Waals surface area contributed by atoms with Crippen LogP contribution in [0.3, 0.4) is 0 Å². The Bertz CT molecular complexity index is 1190. The monoisotopic (exact) mass is 395 g/mol. The number of rotatable bonds is 3. The number of hydrogen-bond donors (Lipinski definition) is 0. The minimum Gasteiger partial charge on any atom is -0.465 e. The maximum Gasteiger partial charge on any atom is 0.377 e. The molecule has 0 bridgehead atoms. The normalized spacial score (nSPS) is 11.0. The Morgan fingerprint density at radius 3 is 1.86 bits per heavy atom. The van der Waals surface area contributed by atoms with E-state index in [4.69, 9.17) is 25.6 Å². The maximum absolute atomic E-state index is 12.5. The number of hydrogen-bond acceptors (Lipinski definition) is 6. The van der Waals surface area contributed by atoms with E-state index in [9.17, 15) is 9.59 Å². The van der Waals surface area contributed by atoms with Gasteiger partial charge >= 0.3 is 11.9 Å². The lowest BCUT2D eigenvalue weighted by atomic mass is 9.92. The fourth-order valence-corrected chi connectivity index (χ4v) is 3.64. The van der Waals surface area contributed by atoms with Gasteiger partial charge in [0.15, 0.2) is 0 Å². The highest BCUT2D eigenvalue weighted by atomic mass is 35.5. The molecule has 0 spiro atoms. The van der Waals surface area contributed by atoms with E-state index in [0.29, 0.717) is 10.6 Å². The predicted molar refractivity (Wildman–Crippen MR) is 105 cm³/mol. The van der Waals surface area contributed by atoms with E-state index >= 15 is 0 Å². The molecule has 7 heteroatoms.